The molecule has 0 aliphatic carbocycles. The molecule has 0 amide bonds. The molecule has 7 heteroatoms. The second-order valence-corrected chi connectivity index (χ2v) is 8.66. The van der Waals surface area contributed by atoms with Gasteiger partial charge in [-0.3, -0.25) is 0 Å². The Kier molecular flexibility index (Phi) is 6.34. The number of hydrogen-bond donors (Lipinski definition) is 1. The summed E-state index contributed by atoms with van der Waals surface area (Å²) in [6, 6.07) is 12.1. The lowest BCUT2D eigenvalue weighted by molar-refractivity contribution is 0.0556. The van der Waals surface area contributed by atoms with Crippen LogP contribution in [0.4, 0.5) is 4.39 Å². The lowest BCUT2D eigenvalue weighted by Crippen LogP contribution is -2.65. The molecule has 1 heterocycles. The first kappa shape index (κ1) is 21.0. The number of nitriles is 1. The summed E-state index contributed by atoms with van der Waals surface area (Å²) in [5.74, 6) is 4.94. The third kappa shape index (κ3) is 4.04. The monoisotopic (exact) mass is 412 g/mol. The Balaban J connectivity index is 1.90. The summed E-state index contributed by atoms with van der Waals surface area (Å²) in [6.45, 7) is 1.60. The zero-order valence-electron chi connectivity index (χ0n) is 15.9. The van der Waals surface area contributed by atoms with Gasteiger partial charge in [-0.1, -0.05) is 37.0 Å². The first-order chi connectivity index (χ1) is 13.9. The second-order valence-electron chi connectivity index (χ2n) is 6.82. The van der Waals surface area contributed by atoms with Gasteiger partial charge in [0.2, 0.25) is 10.0 Å². The van der Waals surface area contributed by atoms with Gasteiger partial charge in [-0.25, -0.2) is 12.8 Å². The number of benzene rings is 2. The van der Waals surface area contributed by atoms with E-state index in [1.165, 1.54) is 12.1 Å². The summed E-state index contributed by atoms with van der Waals surface area (Å²) in [7, 11) is -4.12. The third-order valence-corrected chi connectivity index (χ3v) is 6.85. The molecule has 3 rings (SSSR count). The van der Waals surface area contributed by atoms with Crippen molar-refractivity contribution in [1.29, 1.82) is 5.26 Å². The summed E-state index contributed by atoms with van der Waals surface area (Å²) >= 11 is 0. The minimum atomic E-state index is -4.12. The molecule has 150 valence electrons. The summed E-state index contributed by atoms with van der Waals surface area (Å²) < 4.78 is 40.4. The van der Waals surface area contributed by atoms with Crippen molar-refractivity contribution in [2.24, 2.45) is 0 Å². The van der Waals surface area contributed by atoms with Crippen LogP contribution in [-0.4, -0.2) is 36.5 Å². The number of aliphatic hydroxyl groups is 1. The molecule has 1 fully saturated rings. The van der Waals surface area contributed by atoms with Gasteiger partial charge in [-0.05, 0) is 42.3 Å². The first-order valence-electron chi connectivity index (χ1n) is 9.32. The molecule has 1 aliphatic heterocycles. The van der Waals surface area contributed by atoms with Crippen molar-refractivity contribution in [3.05, 3.63) is 65.5 Å². The molecule has 2 aromatic rings. The molecule has 1 N–H and O–H groups in total. The van der Waals surface area contributed by atoms with Crippen molar-refractivity contribution in [1.82, 2.24) is 4.31 Å². The zero-order chi connectivity index (χ0) is 21.0. The predicted octanol–water partition coefficient (Wildman–Crippen LogP) is 3.02. The largest absolute Gasteiger partial charge is 0.395 e. The van der Waals surface area contributed by atoms with Gasteiger partial charge in [0.05, 0.1) is 23.6 Å². The van der Waals surface area contributed by atoms with Crippen LogP contribution >= 0.6 is 0 Å². The maximum Gasteiger partial charge on any atom is 0.244 e. The van der Waals surface area contributed by atoms with E-state index < -0.39 is 40.4 Å². The van der Waals surface area contributed by atoms with E-state index in [4.69, 9.17) is 0 Å². The predicted molar refractivity (Wildman–Crippen MR) is 107 cm³/mol. The summed E-state index contributed by atoms with van der Waals surface area (Å²) in [5, 5.41) is 19.5. The smallest absolute Gasteiger partial charge is 0.244 e. The van der Waals surface area contributed by atoms with Crippen molar-refractivity contribution in [2.45, 2.75) is 42.7 Å². The number of aliphatic hydroxyl groups excluding tert-OH is 1. The Bertz CT molecular complexity index is 1080. The van der Waals surface area contributed by atoms with Crippen LogP contribution < -0.4 is 0 Å². The average Bonchev–Trinajstić information content (AvgIpc) is 2.69. The highest BCUT2D eigenvalue weighted by Gasteiger charge is 2.55. The van der Waals surface area contributed by atoms with Gasteiger partial charge in [0.1, 0.15) is 11.9 Å². The summed E-state index contributed by atoms with van der Waals surface area (Å²) in [6.07, 6.45) is 1.78. The highest BCUT2D eigenvalue weighted by atomic mass is 32.2. The Labute approximate surface area is 170 Å². The van der Waals surface area contributed by atoms with Gasteiger partial charge in [-0.2, -0.15) is 9.57 Å². The molecule has 0 saturated carbocycles. The molecule has 3 atom stereocenters. The van der Waals surface area contributed by atoms with Crippen LogP contribution in [0, 0.1) is 29.0 Å². The molecule has 0 unspecified atom stereocenters. The van der Waals surface area contributed by atoms with Crippen LogP contribution in [0.15, 0.2) is 53.4 Å². The van der Waals surface area contributed by atoms with E-state index >= 15 is 0 Å². The maximum atomic E-state index is 13.5. The lowest BCUT2D eigenvalue weighted by atomic mass is 9.78. The number of hydrogen-bond acceptors (Lipinski definition) is 4. The van der Waals surface area contributed by atoms with Crippen LogP contribution in [0.3, 0.4) is 0 Å². The Hall–Kier alpha value is -2.71. The van der Waals surface area contributed by atoms with E-state index in [0.29, 0.717) is 0 Å². The van der Waals surface area contributed by atoms with Gasteiger partial charge in [0, 0.05) is 17.9 Å². The van der Waals surface area contributed by atoms with Crippen molar-refractivity contribution >= 4 is 10.0 Å². The SMILES string of the molecule is CCCC#Cc1ccc([C@H]2[C@@H](C#N)N(S(=O)(=O)c3cccc(F)c3)[C@H]2CO)cc1. The van der Waals surface area contributed by atoms with Gasteiger partial charge in [-0.15, -0.1) is 0 Å². The minimum Gasteiger partial charge on any atom is -0.395 e. The van der Waals surface area contributed by atoms with Gasteiger partial charge >= 0.3 is 0 Å². The van der Waals surface area contributed by atoms with E-state index in [1.807, 2.05) is 18.2 Å². The molecule has 0 bridgehead atoms. The molecule has 1 aliphatic rings. The van der Waals surface area contributed by atoms with E-state index in [1.54, 1.807) is 12.1 Å². The van der Waals surface area contributed by atoms with Crippen molar-refractivity contribution in [3.63, 3.8) is 0 Å². The topological polar surface area (TPSA) is 81.4 Å². The van der Waals surface area contributed by atoms with Crippen LogP contribution in [0.25, 0.3) is 0 Å². The van der Waals surface area contributed by atoms with E-state index in [2.05, 4.69) is 18.8 Å². The first-order valence-corrected chi connectivity index (χ1v) is 10.8. The lowest BCUT2D eigenvalue weighted by Gasteiger charge is -2.50. The molecular weight excluding hydrogens is 391 g/mol. The van der Waals surface area contributed by atoms with Gasteiger partial charge in [0.15, 0.2) is 0 Å². The Morgan fingerprint density at radius 3 is 2.52 bits per heavy atom. The molecular formula is C22H21FN2O3S. The van der Waals surface area contributed by atoms with Gasteiger partial charge in [0.25, 0.3) is 0 Å². The molecule has 2 aromatic carbocycles. The quantitative estimate of drug-likeness (QED) is 0.766. The molecule has 0 radical (unpaired) electrons. The molecule has 0 spiro atoms. The number of nitrogens with zero attached hydrogens (tertiary/aromatic N) is 2. The van der Waals surface area contributed by atoms with Crippen molar-refractivity contribution < 1.29 is 17.9 Å². The van der Waals surface area contributed by atoms with Crippen molar-refractivity contribution in [2.75, 3.05) is 6.61 Å². The zero-order valence-corrected chi connectivity index (χ0v) is 16.7. The molecule has 0 aromatic heterocycles. The van der Waals surface area contributed by atoms with E-state index in [-0.39, 0.29) is 4.90 Å². The van der Waals surface area contributed by atoms with E-state index in [9.17, 15) is 23.2 Å². The Morgan fingerprint density at radius 1 is 1.21 bits per heavy atom. The molecule has 29 heavy (non-hydrogen) atoms. The highest BCUT2D eigenvalue weighted by molar-refractivity contribution is 7.89. The fourth-order valence-corrected chi connectivity index (χ4v) is 5.31. The van der Waals surface area contributed by atoms with Crippen LogP contribution in [-0.2, 0) is 10.0 Å². The van der Waals surface area contributed by atoms with Crippen LogP contribution in [0.5, 0.6) is 0 Å². The number of rotatable bonds is 5. The maximum absolute atomic E-state index is 13.5. The summed E-state index contributed by atoms with van der Waals surface area (Å²) in [4.78, 5) is -0.240. The standard InChI is InChI=1S/C22H21FN2O3S/c1-2-3-4-6-16-9-11-17(12-10-16)22-20(14-24)25(21(22)15-26)29(27,28)19-8-5-7-18(23)13-19/h5,7-13,20-22,26H,2-3,15H2,1H3/t20-,21+,22+/m1/s1. The summed E-state index contributed by atoms with van der Waals surface area (Å²) in [5.41, 5.74) is 1.59. The van der Waals surface area contributed by atoms with Crippen molar-refractivity contribution in [3.8, 4) is 17.9 Å². The van der Waals surface area contributed by atoms with Gasteiger partial charge < -0.3 is 5.11 Å². The average molecular weight is 412 g/mol. The minimum absolute atomic E-state index is 0.240. The molecule has 1 saturated heterocycles. The number of sulfonamides is 1. The molecule has 5 nitrogen and oxygen atoms in total. The third-order valence-electron chi connectivity index (χ3n) is 4.95. The van der Waals surface area contributed by atoms with Crippen LogP contribution in [0.1, 0.15) is 36.8 Å². The van der Waals surface area contributed by atoms with Crippen LogP contribution in [0.2, 0.25) is 0 Å². The number of unbranched alkanes of at least 4 members (excludes halogenated alkanes) is 1. The van der Waals surface area contributed by atoms with E-state index in [0.717, 1.165) is 40.4 Å². The highest BCUT2D eigenvalue weighted by Crippen LogP contribution is 2.43. The number of halogens is 1. The fraction of sp³-hybridized carbons (Fsp3) is 0.318. The fourth-order valence-electron chi connectivity index (χ4n) is 3.52. The second kappa shape index (κ2) is 8.75. The normalized spacial score (nSPS) is 21.5. The Morgan fingerprint density at radius 2 is 1.93 bits per heavy atom.